The zero-order valence-corrected chi connectivity index (χ0v) is 18.3. The molecular weight excluding hydrogens is 400 g/mol. The third-order valence-corrected chi connectivity index (χ3v) is 5.18. The molecule has 1 aliphatic heterocycles. The lowest BCUT2D eigenvalue weighted by Gasteiger charge is -2.29. The van der Waals surface area contributed by atoms with E-state index < -0.39 is 0 Å². The van der Waals surface area contributed by atoms with E-state index in [9.17, 15) is 9.59 Å². The van der Waals surface area contributed by atoms with Crippen molar-refractivity contribution >= 4 is 28.9 Å². The van der Waals surface area contributed by atoms with Crippen LogP contribution in [0.15, 0.2) is 66.7 Å². The van der Waals surface area contributed by atoms with Gasteiger partial charge in [0.15, 0.2) is 0 Å². The van der Waals surface area contributed by atoms with Crippen LogP contribution in [0.25, 0.3) is 11.1 Å². The second-order valence-electron chi connectivity index (χ2n) is 7.58. The van der Waals surface area contributed by atoms with Crippen molar-refractivity contribution in [2.45, 2.75) is 26.7 Å². The van der Waals surface area contributed by atoms with E-state index in [-0.39, 0.29) is 11.8 Å². The van der Waals surface area contributed by atoms with Gasteiger partial charge in [-0.05, 0) is 65.9 Å². The molecule has 0 unspecified atom stereocenters. The monoisotopic (exact) mass is 426 g/mol. The zero-order valence-electron chi connectivity index (χ0n) is 18.3. The van der Waals surface area contributed by atoms with Crippen LogP contribution in [-0.2, 0) is 16.0 Å². The van der Waals surface area contributed by atoms with E-state index in [0.717, 1.165) is 41.9 Å². The fourth-order valence-electron chi connectivity index (χ4n) is 3.68. The molecule has 0 saturated heterocycles. The summed E-state index contributed by atoms with van der Waals surface area (Å²) in [5.41, 5.74) is 11.7. The maximum Gasteiger partial charge on any atom is 0.223 e. The van der Waals surface area contributed by atoms with Gasteiger partial charge in [0, 0.05) is 37.5 Å². The summed E-state index contributed by atoms with van der Waals surface area (Å²) in [7, 11) is 0. The number of carbonyl (C=O) groups excluding carboxylic acids is 2. The number of nitrogens with zero attached hydrogens (tertiary/aromatic N) is 2. The Morgan fingerprint density at radius 2 is 1.75 bits per heavy atom. The highest BCUT2D eigenvalue weighted by Crippen LogP contribution is 2.32. The predicted molar refractivity (Wildman–Crippen MR) is 128 cm³/mol. The van der Waals surface area contributed by atoms with Gasteiger partial charge in [-0.3, -0.25) is 9.59 Å². The maximum absolute atomic E-state index is 11.7. The summed E-state index contributed by atoms with van der Waals surface area (Å²) in [5.74, 6) is 0.0102. The highest BCUT2D eigenvalue weighted by molar-refractivity contribution is 5.93. The van der Waals surface area contributed by atoms with Gasteiger partial charge < -0.3 is 16.0 Å². The van der Waals surface area contributed by atoms with E-state index in [0.29, 0.717) is 11.3 Å². The number of amides is 2. The number of nitrogens with one attached hydrogen (secondary N) is 1. The topological polar surface area (TPSA) is 99.2 Å². The molecule has 2 amide bonds. The van der Waals surface area contributed by atoms with E-state index in [2.05, 4.69) is 11.4 Å². The van der Waals surface area contributed by atoms with Gasteiger partial charge in [0.2, 0.25) is 11.8 Å². The molecule has 0 spiro atoms. The second-order valence-corrected chi connectivity index (χ2v) is 7.58. The predicted octanol–water partition coefficient (Wildman–Crippen LogP) is 4.75. The van der Waals surface area contributed by atoms with Gasteiger partial charge in [0.25, 0.3) is 0 Å². The van der Waals surface area contributed by atoms with E-state index in [1.54, 1.807) is 31.2 Å². The largest absolute Gasteiger partial charge is 0.398 e. The number of nitriles is 1. The first-order valence-corrected chi connectivity index (χ1v) is 10.4. The Kier molecular flexibility index (Phi) is 7.25. The molecule has 1 aliphatic rings. The first kappa shape index (κ1) is 22.6. The van der Waals surface area contributed by atoms with Crippen molar-refractivity contribution in [3.8, 4) is 17.2 Å². The number of benzene rings is 3. The summed E-state index contributed by atoms with van der Waals surface area (Å²) in [6, 6.07) is 23.0. The summed E-state index contributed by atoms with van der Waals surface area (Å²) in [6.07, 6.45) is 1.97. The van der Waals surface area contributed by atoms with E-state index in [1.807, 2.05) is 47.4 Å². The number of nitrogens with two attached hydrogens (primary N) is 1. The summed E-state index contributed by atoms with van der Waals surface area (Å²) < 4.78 is 0. The Morgan fingerprint density at radius 1 is 1.00 bits per heavy atom. The van der Waals surface area contributed by atoms with Crippen molar-refractivity contribution in [3.05, 3.63) is 77.9 Å². The Hall–Kier alpha value is -4.11. The number of hydrogen-bond donors (Lipinski definition) is 2. The fraction of sp³-hybridized carbons (Fsp3) is 0.192. The van der Waals surface area contributed by atoms with Crippen LogP contribution in [0.2, 0.25) is 0 Å². The van der Waals surface area contributed by atoms with Gasteiger partial charge >= 0.3 is 0 Å². The lowest BCUT2D eigenvalue weighted by atomic mass is 9.96. The number of carbonyl (C=O) groups is 2. The van der Waals surface area contributed by atoms with Crippen molar-refractivity contribution in [3.63, 3.8) is 0 Å². The summed E-state index contributed by atoms with van der Waals surface area (Å²) >= 11 is 0. The summed E-state index contributed by atoms with van der Waals surface area (Å²) in [5, 5.41) is 11.2. The Labute approximate surface area is 188 Å². The first-order chi connectivity index (χ1) is 15.4. The third-order valence-electron chi connectivity index (χ3n) is 5.18. The van der Waals surface area contributed by atoms with Crippen molar-refractivity contribution in [1.82, 2.24) is 0 Å². The summed E-state index contributed by atoms with van der Waals surface area (Å²) in [4.78, 5) is 24.8. The second kappa shape index (κ2) is 10.3. The van der Waals surface area contributed by atoms with Crippen molar-refractivity contribution in [1.29, 1.82) is 5.26 Å². The van der Waals surface area contributed by atoms with E-state index >= 15 is 0 Å². The molecular formula is C26H26N4O2. The number of rotatable bonds is 2. The van der Waals surface area contributed by atoms with Gasteiger partial charge in [0.1, 0.15) is 6.07 Å². The number of aryl methyl sites for hydroxylation is 1. The molecule has 3 aromatic rings. The lowest BCUT2D eigenvalue weighted by molar-refractivity contribution is -0.116. The van der Waals surface area contributed by atoms with Crippen LogP contribution in [0, 0.1) is 11.3 Å². The molecule has 4 rings (SSSR count). The standard InChI is InChI=1S/C19H20N2O2.C7H6N2/c1-13(22)20-18-7-3-5-15(12-18)16-8-9-19-17(11-16)6-4-10-21(19)14(2)23;8-5-6-3-1-2-4-7(6)9/h3,5,7-9,11-12H,4,6,10H2,1-2H3,(H,20,22);1-4H,9H2. The van der Waals surface area contributed by atoms with Crippen LogP contribution in [0.5, 0.6) is 0 Å². The summed E-state index contributed by atoms with van der Waals surface area (Å²) in [6.45, 7) is 3.90. The average Bonchev–Trinajstić information content (AvgIpc) is 2.78. The lowest BCUT2D eigenvalue weighted by Crippen LogP contribution is -2.33. The van der Waals surface area contributed by atoms with Crippen LogP contribution < -0.4 is 16.0 Å². The quantitative estimate of drug-likeness (QED) is 0.578. The molecule has 0 atom stereocenters. The van der Waals surface area contributed by atoms with Gasteiger partial charge in [0.05, 0.1) is 5.56 Å². The van der Waals surface area contributed by atoms with Gasteiger partial charge in [-0.15, -0.1) is 0 Å². The molecule has 0 saturated carbocycles. The normalized spacial score (nSPS) is 12.0. The van der Waals surface area contributed by atoms with Crippen LogP contribution in [0.1, 0.15) is 31.4 Å². The molecule has 0 aliphatic carbocycles. The molecule has 3 N–H and O–H groups in total. The van der Waals surface area contributed by atoms with Crippen molar-refractivity contribution < 1.29 is 9.59 Å². The van der Waals surface area contributed by atoms with Crippen LogP contribution in [0.3, 0.4) is 0 Å². The molecule has 32 heavy (non-hydrogen) atoms. The molecule has 6 nitrogen and oxygen atoms in total. The molecule has 0 radical (unpaired) electrons. The highest BCUT2D eigenvalue weighted by Gasteiger charge is 2.20. The molecule has 0 aromatic heterocycles. The van der Waals surface area contributed by atoms with Crippen molar-refractivity contribution in [2.75, 3.05) is 22.5 Å². The average molecular weight is 427 g/mol. The van der Waals surface area contributed by atoms with Gasteiger partial charge in [-0.1, -0.05) is 30.3 Å². The van der Waals surface area contributed by atoms with Gasteiger partial charge in [-0.2, -0.15) is 5.26 Å². The number of fused-ring (bicyclic) bond motifs is 1. The highest BCUT2D eigenvalue weighted by atomic mass is 16.2. The van der Waals surface area contributed by atoms with E-state index in [1.165, 1.54) is 12.5 Å². The maximum atomic E-state index is 11.7. The molecule has 162 valence electrons. The Bertz CT molecular complexity index is 1180. The first-order valence-electron chi connectivity index (χ1n) is 10.4. The number of hydrogen-bond acceptors (Lipinski definition) is 4. The number of nitrogen functional groups attached to an aromatic ring is 1. The zero-order chi connectivity index (χ0) is 23.1. The minimum Gasteiger partial charge on any atom is -0.398 e. The van der Waals surface area contributed by atoms with E-state index in [4.69, 9.17) is 11.0 Å². The third kappa shape index (κ3) is 5.52. The molecule has 0 fully saturated rings. The molecule has 0 bridgehead atoms. The minimum atomic E-state index is -0.0790. The Balaban J connectivity index is 0.000000269. The molecule has 3 aromatic carbocycles. The smallest absolute Gasteiger partial charge is 0.223 e. The van der Waals surface area contributed by atoms with Crippen LogP contribution in [0.4, 0.5) is 17.1 Å². The van der Waals surface area contributed by atoms with Crippen LogP contribution in [-0.4, -0.2) is 18.4 Å². The number of para-hydroxylation sites is 1. The SMILES string of the molecule is CC(=O)Nc1cccc(-c2ccc3c(c2)CCCN3C(C)=O)c1.N#Cc1ccccc1N. The fourth-order valence-corrected chi connectivity index (χ4v) is 3.68. The number of anilines is 3. The van der Waals surface area contributed by atoms with Crippen LogP contribution >= 0.6 is 0 Å². The minimum absolute atomic E-state index is 0.0790. The molecule has 6 heteroatoms. The Morgan fingerprint density at radius 3 is 2.41 bits per heavy atom. The van der Waals surface area contributed by atoms with Gasteiger partial charge in [-0.25, -0.2) is 0 Å². The van der Waals surface area contributed by atoms with Crippen molar-refractivity contribution in [2.24, 2.45) is 0 Å². The molecule has 1 heterocycles.